The van der Waals surface area contributed by atoms with Gasteiger partial charge in [0.1, 0.15) is 0 Å². The fourth-order valence-corrected chi connectivity index (χ4v) is 6.57. The summed E-state index contributed by atoms with van der Waals surface area (Å²) in [4.78, 5) is 0. The Kier molecular flexibility index (Phi) is 2.27. The fourth-order valence-electron chi connectivity index (χ4n) is 1.89. The predicted octanol–water partition coefficient (Wildman–Crippen LogP) is 3.39. The van der Waals surface area contributed by atoms with Crippen LogP contribution in [0.3, 0.4) is 0 Å². The average Bonchev–Trinajstić information content (AvgIpc) is 1.82. The van der Waals surface area contributed by atoms with Crippen molar-refractivity contribution in [3.8, 4) is 0 Å². The molecular weight excluding hydrogens is 164 g/mol. The van der Waals surface area contributed by atoms with Gasteiger partial charge in [-0.15, -0.1) is 0 Å². The molecule has 0 aromatic rings. The third-order valence-corrected chi connectivity index (χ3v) is 5.80. The predicted molar refractivity (Wildman–Crippen MR) is 52.1 cm³/mol. The van der Waals surface area contributed by atoms with Crippen molar-refractivity contribution < 1.29 is 0 Å². The highest BCUT2D eigenvalue weighted by Crippen LogP contribution is 2.67. The Morgan fingerprint density at radius 2 is 1.70 bits per heavy atom. The molecule has 0 atom stereocenters. The summed E-state index contributed by atoms with van der Waals surface area (Å²) < 4.78 is 0. The maximum absolute atomic E-state index is 6.23. The SMILES string of the molecule is CCC1(CC)CS(C)(Cl)C1. The molecule has 1 rings (SSSR count). The summed E-state index contributed by atoms with van der Waals surface area (Å²) in [5, 5.41) is 0. The number of rotatable bonds is 2. The molecule has 1 saturated heterocycles. The van der Waals surface area contributed by atoms with Gasteiger partial charge in [0, 0.05) is 0 Å². The van der Waals surface area contributed by atoms with Gasteiger partial charge in [-0.05, 0) is 36.0 Å². The van der Waals surface area contributed by atoms with Crippen LogP contribution in [-0.4, -0.2) is 17.8 Å². The maximum Gasteiger partial charge on any atom is -0.00386 e. The lowest BCUT2D eigenvalue weighted by molar-refractivity contribution is 0.328. The molecule has 10 heavy (non-hydrogen) atoms. The molecule has 1 aliphatic heterocycles. The molecule has 0 aliphatic carbocycles. The molecule has 0 nitrogen and oxygen atoms in total. The van der Waals surface area contributed by atoms with Crippen LogP contribution in [0.1, 0.15) is 26.7 Å². The Morgan fingerprint density at radius 3 is 1.80 bits per heavy atom. The molecule has 0 unspecified atom stereocenters. The van der Waals surface area contributed by atoms with Crippen LogP contribution in [0.15, 0.2) is 0 Å². The van der Waals surface area contributed by atoms with Crippen molar-refractivity contribution in [2.24, 2.45) is 5.41 Å². The molecular formula is C8H17ClS. The highest BCUT2D eigenvalue weighted by Gasteiger charge is 2.45. The molecule has 1 heterocycles. The molecule has 0 aromatic heterocycles. The lowest BCUT2D eigenvalue weighted by Gasteiger charge is -2.54. The molecule has 0 bridgehead atoms. The van der Waals surface area contributed by atoms with Crippen LogP contribution >= 0.6 is 19.9 Å². The van der Waals surface area contributed by atoms with Gasteiger partial charge in [0.25, 0.3) is 0 Å². The number of hydrogen-bond acceptors (Lipinski definition) is 0. The van der Waals surface area contributed by atoms with Crippen molar-refractivity contribution in [2.75, 3.05) is 17.8 Å². The zero-order valence-corrected chi connectivity index (χ0v) is 8.69. The van der Waals surface area contributed by atoms with E-state index in [0.29, 0.717) is 5.41 Å². The minimum absolute atomic E-state index is 0.641. The van der Waals surface area contributed by atoms with Crippen molar-refractivity contribution in [1.82, 2.24) is 0 Å². The van der Waals surface area contributed by atoms with E-state index in [4.69, 9.17) is 10.7 Å². The summed E-state index contributed by atoms with van der Waals surface area (Å²) in [6.07, 6.45) is 4.87. The van der Waals surface area contributed by atoms with Crippen molar-refractivity contribution in [2.45, 2.75) is 26.7 Å². The first-order valence-electron chi connectivity index (χ1n) is 3.97. The second-order valence-corrected chi connectivity index (χ2v) is 8.77. The van der Waals surface area contributed by atoms with Gasteiger partial charge in [0.2, 0.25) is 0 Å². The Balaban J connectivity index is 2.46. The summed E-state index contributed by atoms with van der Waals surface area (Å²) in [6, 6.07) is 0. The van der Waals surface area contributed by atoms with Crippen LogP contribution in [0.5, 0.6) is 0 Å². The van der Waals surface area contributed by atoms with Gasteiger partial charge in [-0.3, -0.25) is 0 Å². The van der Waals surface area contributed by atoms with Gasteiger partial charge >= 0.3 is 0 Å². The zero-order valence-electron chi connectivity index (χ0n) is 7.11. The first-order chi connectivity index (χ1) is 4.54. The van der Waals surface area contributed by atoms with Crippen LogP contribution in [0.4, 0.5) is 0 Å². The van der Waals surface area contributed by atoms with E-state index in [1.54, 1.807) is 0 Å². The van der Waals surface area contributed by atoms with Gasteiger partial charge < -0.3 is 0 Å². The zero-order chi connectivity index (χ0) is 7.83. The third kappa shape index (κ3) is 1.45. The van der Waals surface area contributed by atoms with E-state index in [1.165, 1.54) is 24.3 Å². The van der Waals surface area contributed by atoms with Gasteiger partial charge in [-0.25, -0.2) is 0 Å². The minimum Gasteiger partial charge on any atom is -0.165 e. The lowest BCUT2D eigenvalue weighted by atomic mass is 9.86. The Bertz CT molecular complexity index is 117. The van der Waals surface area contributed by atoms with E-state index in [-0.39, 0.29) is 0 Å². The van der Waals surface area contributed by atoms with Gasteiger partial charge in [0.15, 0.2) is 0 Å². The summed E-state index contributed by atoms with van der Waals surface area (Å²) in [5.74, 6) is 2.60. The topological polar surface area (TPSA) is 0 Å². The van der Waals surface area contributed by atoms with Crippen molar-refractivity contribution in [1.29, 1.82) is 0 Å². The van der Waals surface area contributed by atoms with E-state index >= 15 is 0 Å². The number of halogens is 1. The summed E-state index contributed by atoms with van der Waals surface area (Å²) in [5.41, 5.74) is 0.645. The second kappa shape index (κ2) is 2.60. The first-order valence-corrected chi connectivity index (χ1v) is 7.17. The van der Waals surface area contributed by atoms with Crippen molar-refractivity contribution in [3.63, 3.8) is 0 Å². The van der Waals surface area contributed by atoms with E-state index in [2.05, 4.69) is 20.1 Å². The van der Waals surface area contributed by atoms with Crippen LogP contribution < -0.4 is 0 Å². The van der Waals surface area contributed by atoms with Crippen LogP contribution in [0.25, 0.3) is 0 Å². The first kappa shape index (κ1) is 8.73. The van der Waals surface area contributed by atoms with E-state index in [1.807, 2.05) is 0 Å². The van der Waals surface area contributed by atoms with Crippen molar-refractivity contribution in [3.05, 3.63) is 0 Å². The summed E-state index contributed by atoms with van der Waals surface area (Å²) in [6.45, 7) is 4.57. The van der Waals surface area contributed by atoms with Crippen LogP contribution in [-0.2, 0) is 0 Å². The Labute approximate surface area is 70.2 Å². The molecule has 62 valence electrons. The standard InChI is InChI=1S/C8H17ClS/c1-4-8(5-2)6-10(3,9)7-8/h4-7H2,1-3H3. The normalized spacial score (nSPS) is 30.8. The highest BCUT2D eigenvalue weighted by atomic mass is 35.7. The quantitative estimate of drug-likeness (QED) is 0.611. The van der Waals surface area contributed by atoms with E-state index < -0.39 is 9.24 Å². The van der Waals surface area contributed by atoms with Gasteiger partial charge in [-0.2, -0.15) is 9.24 Å². The summed E-state index contributed by atoms with van der Waals surface area (Å²) >= 11 is 0. The fraction of sp³-hybridized carbons (Fsp3) is 1.00. The maximum atomic E-state index is 6.23. The number of hydrogen-bond donors (Lipinski definition) is 0. The largest absolute Gasteiger partial charge is 0.165 e. The van der Waals surface area contributed by atoms with Gasteiger partial charge in [0.05, 0.1) is 0 Å². The highest BCUT2D eigenvalue weighted by molar-refractivity contribution is 8.51. The molecule has 0 aromatic carbocycles. The molecule has 1 aliphatic rings. The Hall–Kier alpha value is 0.640. The van der Waals surface area contributed by atoms with Crippen LogP contribution in [0.2, 0.25) is 0 Å². The smallest absolute Gasteiger partial charge is 0.00386 e. The molecule has 0 spiro atoms. The van der Waals surface area contributed by atoms with E-state index in [0.717, 1.165) is 0 Å². The van der Waals surface area contributed by atoms with Crippen LogP contribution in [0, 0.1) is 5.41 Å². The second-order valence-electron chi connectivity index (χ2n) is 3.65. The minimum atomic E-state index is -0.641. The van der Waals surface area contributed by atoms with E-state index in [9.17, 15) is 0 Å². The molecule has 2 heteroatoms. The third-order valence-electron chi connectivity index (χ3n) is 2.71. The molecule has 0 saturated carbocycles. The molecule has 0 N–H and O–H groups in total. The molecule has 1 fully saturated rings. The molecule has 0 amide bonds. The van der Waals surface area contributed by atoms with Crippen molar-refractivity contribution >= 4 is 19.9 Å². The Morgan fingerprint density at radius 1 is 1.30 bits per heavy atom. The lowest BCUT2D eigenvalue weighted by Crippen LogP contribution is -2.41. The molecule has 0 radical (unpaired) electrons. The summed E-state index contributed by atoms with van der Waals surface area (Å²) in [7, 11) is 5.59. The average molecular weight is 181 g/mol. The monoisotopic (exact) mass is 180 g/mol. The van der Waals surface area contributed by atoms with Gasteiger partial charge in [-0.1, -0.05) is 24.5 Å².